The van der Waals surface area contributed by atoms with Crippen LogP contribution >= 0.6 is 11.3 Å². The first-order chi connectivity index (χ1) is 8.35. The van der Waals surface area contributed by atoms with Gasteiger partial charge in [-0.05, 0) is 36.3 Å². The van der Waals surface area contributed by atoms with E-state index in [0.717, 1.165) is 19.5 Å². The van der Waals surface area contributed by atoms with Crippen molar-refractivity contribution in [3.05, 3.63) is 21.9 Å². The van der Waals surface area contributed by atoms with Gasteiger partial charge in [-0.2, -0.15) is 0 Å². The van der Waals surface area contributed by atoms with Crippen LogP contribution in [-0.4, -0.2) is 36.7 Å². The van der Waals surface area contributed by atoms with Crippen molar-refractivity contribution < 1.29 is 4.74 Å². The minimum atomic E-state index is 0.307. The molecule has 17 heavy (non-hydrogen) atoms. The lowest BCUT2D eigenvalue weighted by Crippen LogP contribution is -2.36. The Bertz CT molecular complexity index is 379. The molecule has 1 fully saturated rings. The molecule has 0 amide bonds. The van der Waals surface area contributed by atoms with E-state index >= 15 is 0 Å². The first kappa shape index (κ1) is 11.7. The van der Waals surface area contributed by atoms with Crippen LogP contribution in [0.5, 0.6) is 0 Å². The van der Waals surface area contributed by atoms with Crippen LogP contribution in [0.4, 0.5) is 0 Å². The highest BCUT2D eigenvalue weighted by Gasteiger charge is 2.27. The molecule has 0 aliphatic carbocycles. The van der Waals surface area contributed by atoms with E-state index in [2.05, 4.69) is 16.3 Å². The Morgan fingerprint density at radius 1 is 1.41 bits per heavy atom. The third-order valence-corrected chi connectivity index (χ3v) is 4.83. The Kier molecular flexibility index (Phi) is 3.47. The highest BCUT2D eigenvalue weighted by atomic mass is 32.1. The predicted molar refractivity (Wildman–Crippen MR) is 70.2 cm³/mol. The Balaban J connectivity index is 1.54. The van der Waals surface area contributed by atoms with Crippen LogP contribution in [0, 0.1) is 0 Å². The van der Waals surface area contributed by atoms with Gasteiger partial charge in [0.05, 0.1) is 12.2 Å². The van der Waals surface area contributed by atoms with Gasteiger partial charge in [0.2, 0.25) is 0 Å². The van der Waals surface area contributed by atoms with Crippen molar-refractivity contribution in [1.29, 1.82) is 0 Å². The first-order valence-electron chi connectivity index (χ1n) is 6.48. The van der Waals surface area contributed by atoms with Gasteiger partial charge in [0.15, 0.2) is 0 Å². The van der Waals surface area contributed by atoms with E-state index in [9.17, 15) is 0 Å². The summed E-state index contributed by atoms with van der Waals surface area (Å²) in [7, 11) is 0. The molecule has 2 unspecified atom stereocenters. The number of fused-ring (bicyclic) bond motifs is 1. The van der Waals surface area contributed by atoms with E-state index in [1.54, 1.807) is 4.88 Å². The van der Waals surface area contributed by atoms with Crippen LogP contribution < -0.4 is 5.73 Å². The topological polar surface area (TPSA) is 38.5 Å². The molecule has 3 nitrogen and oxygen atoms in total. The summed E-state index contributed by atoms with van der Waals surface area (Å²) in [5.74, 6) is 0. The standard InChI is InChI=1S/C13H20N2OS/c14-7-11-1-2-12(16-11)9-15-5-3-13-10(8-15)4-6-17-13/h4,6,11-12H,1-3,5,7-9,14H2. The average Bonchev–Trinajstić information content (AvgIpc) is 2.96. The third kappa shape index (κ3) is 2.55. The van der Waals surface area contributed by atoms with Crippen molar-refractivity contribution >= 4 is 11.3 Å². The lowest BCUT2D eigenvalue weighted by Gasteiger charge is -2.29. The van der Waals surface area contributed by atoms with Crippen molar-refractivity contribution in [3.8, 4) is 0 Å². The number of thiophene rings is 1. The molecule has 94 valence electrons. The molecule has 0 spiro atoms. The van der Waals surface area contributed by atoms with Gasteiger partial charge in [0.25, 0.3) is 0 Å². The Morgan fingerprint density at radius 2 is 2.29 bits per heavy atom. The zero-order valence-electron chi connectivity index (χ0n) is 10.1. The fourth-order valence-corrected chi connectivity index (χ4v) is 3.73. The second-order valence-electron chi connectivity index (χ2n) is 5.05. The lowest BCUT2D eigenvalue weighted by atomic mass is 10.1. The van der Waals surface area contributed by atoms with Crippen LogP contribution in [0.25, 0.3) is 0 Å². The molecular weight excluding hydrogens is 232 g/mol. The molecule has 0 aromatic carbocycles. The highest BCUT2D eigenvalue weighted by molar-refractivity contribution is 7.10. The molecule has 2 aliphatic rings. The summed E-state index contributed by atoms with van der Waals surface area (Å²) in [6.07, 6.45) is 4.23. The zero-order chi connectivity index (χ0) is 11.7. The monoisotopic (exact) mass is 252 g/mol. The highest BCUT2D eigenvalue weighted by Crippen LogP contribution is 2.26. The van der Waals surface area contributed by atoms with E-state index in [1.807, 2.05) is 11.3 Å². The summed E-state index contributed by atoms with van der Waals surface area (Å²) in [4.78, 5) is 4.10. The second-order valence-corrected chi connectivity index (χ2v) is 6.05. The predicted octanol–water partition coefficient (Wildman–Crippen LogP) is 1.61. The van der Waals surface area contributed by atoms with Crippen molar-refractivity contribution in [3.63, 3.8) is 0 Å². The van der Waals surface area contributed by atoms with Gasteiger partial charge >= 0.3 is 0 Å². The van der Waals surface area contributed by atoms with E-state index in [4.69, 9.17) is 10.5 Å². The summed E-state index contributed by atoms with van der Waals surface area (Å²) < 4.78 is 5.92. The molecule has 2 aliphatic heterocycles. The summed E-state index contributed by atoms with van der Waals surface area (Å²) in [6.45, 7) is 4.03. The second kappa shape index (κ2) is 5.06. The summed E-state index contributed by atoms with van der Waals surface area (Å²) in [5.41, 5.74) is 7.16. The van der Waals surface area contributed by atoms with Crippen LogP contribution in [-0.2, 0) is 17.7 Å². The molecule has 3 heterocycles. The van der Waals surface area contributed by atoms with E-state index < -0.39 is 0 Å². The maximum absolute atomic E-state index is 5.92. The zero-order valence-corrected chi connectivity index (χ0v) is 10.9. The Hall–Kier alpha value is -0.420. The lowest BCUT2D eigenvalue weighted by molar-refractivity contribution is 0.0245. The number of rotatable bonds is 3. The van der Waals surface area contributed by atoms with Crippen molar-refractivity contribution in [2.45, 2.75) is 38.0 Å². The smallest absolute Gasteiger partial charge is 0.0707 e. The number of nitrogens with two attached hydrogens (primary N) is 1. The summed E-state index contributed by atoms with van der Waals surface area (Å²) in [5, 5.41) is 2.21. The van der Waals surface area contributed by atoms with Gasteiger partial charge in [0.1, 0.15) is 0 Å². The van der Waals surface area contributed by atoms with Gasteiger partial charge in [0, 0.05) is 31.1 Å². The van der Waals surface area contributed by atoms with Gasteiger partial charge in [-0.15, -0.1) is 11.3 Å². The minimum absolute atomic E-state index is 0.307. The fraction of sp³-hybridized carbons (Fsp3) is 0.692. The number of ether oxygens (including phenoxy) is 1. The molecule has 3 rings (SSSR count). The van der Waals surface area contributed by atoms with E-state index in [0.29, 0.717) is 18.8 Å². The number of hydrogen-bond acceptors (Lipinski definition) is 4. The summed E-state index contributed by atoms with van der Waals surface area (Å²) >= 11 is 1.90. The van der Waals surface area contributed by atoms with Crippen LogP contribution in [0.2, 0.25) is 0 Å². The van der Waals surface area contributed by atoms with E-state index in [-0.39, 0.29) is 0 Å². The van der Waals surface area contributed by atoms with Crippen LogP contribution in [0.15, 0.2) is 11.4 Å². The van der Waals surface area contributed by atoms with Crippen LogP contribution in [0.1, 0.15) is 23.3 Å². The molecule has 4 heteroatoms. The largest absolute Gasteiger partial charge is 0.372 e. The summed E-state index contributed by atoms with van der Waals surface area (Å²) in [6, 6.07) is 2.27. The fourth-order valence-electron chi connectivity index (χ4n) is 2.84. The van der Waals surface area contributed by atoms with Gasteiger partial charge < -0.3 is 10.5 Å². The van der Waals surface area contributed by atoms with Gasteiger partial charge in [-0.1, -0.05) is 0 Å². The maximum Gasteiger partial charge on any atom is 0.0707 e. The number of hydrogen-bond donors (Lipinski definition) is 1. The molecule has 0 saturated carbocycles. The quantitative estimate of drug-likeness (QED) is 0.888. The van der Waals surface area contributed by atoms with Crippen molar-refractivity contribution in [2.75, 3.05) is 19.6 Å². The normalized spacial score (nSPS) is 29.5. The van der Waals surface area contributed by atoms with Crippen molar-refractivity contribution in [1.82, 2.24) is 4.90 Å². The molecule has 1 aromatic heterocycles. The molecular formula is C13H20N2OS. The Morgan fingerprint density at radius 3 is 3.12 bits per heavy atom. The maximum atomic E-state index is 5.92. The van der Waals surface area contributed by atoms with Crippen molar-refractivity contribution in [2.24, 2.45) is 5.73 Å². The molecule has 0 radical (unpaired) electrons. The van der Waals surface area contributed by atoms with Crippen LogP contribution in [0.3, 0.4) is 0 Å². The molecule has 2 N–H and O–H groups in total. The van der Waals surface area contributed by atoms with E-state index in [1.165, 1.54) is 24.9 Å². The first-order valence-corrected chi connectivity index (χ1v) is 7.36. The Labute approximate surface area is 107 Å². The minimum Gasteiger partial charge on any atom is -0.372 e. The van der Waals surface area contributed by atoms with Gasteiger partial charge in [-0.25, -0.2) is 0 Å². The number of nitrogens with zero attached hydrogens (tertiary/aromatic N) is 1. The SMILES string of the molecule is NCC1CCC(CN2CCc3sccc3C2)O1. The molecule has 0 bridgehead atoms. The molecule has 1 aromatic rings. The molecule has 2 atom stereocenters. The van der Waals surface area contributed by atoms with Gasteiger partial charge in [-0.3, -0.25) is 4.90 Å². The average molecular weight is 252 g/mol. The third-order valence-electron chi connectivity index (χ3n) is 3.81. The molecule has 1 saturated heterocycles.